The van der Waals surface area contributed by atoms with Gasteiger partial charge in [-0.1, -0.05) is 56.8 Å². The molecule has 0 aliphatic carbocycles. The van der Waals surface area contributed by atoms with Crippen molar-refractivity contribution in [3.05, 3.63) is 59.9 Å². The van der Waals surface area contributed by atoms with Gasteiger partial charge >= 0.3 is 0 Å². The smallest absolute Gasteiger partial charge is 0.210 e. The Balaban J connectivity index is 1.81. The molecule has 0 spiro atoms. The lowest BCUT2D eigenvalue weighted by Crippen LogP contribution is -2.13. The fourth-order valence-corrected chi connectivity index (χ4v) is 3.43. The fraction of sp³-hybridized carbons (Fsp3) is 0.316. The molecule has 1 atom stereocenters. The van der Waals surface area contributed by atoms with Gasteiger partial charge in [-0.15, -0.1) is 10.2 Å². The van der Waals surface area contributed by atoms with E-state index in [9.17, 15) is 0 Å². The van der Waals surface area contributed by atoms with Gasteiger partial charge in [0.1, 0.15) is 0 Å². The number of pyridine rings is 1. The third-order valence-electron chi connectivity index (χ3n) is 4.13. The topological polar surface area (TPSA) is 69.6 Å². The molecule has 130 valence electrons. The second-order valence-electron chi connectivity index (χ2n) is 7.04. The van der Waals surface area contributed by atoms with Crippen molar-refractivity contribution in [1.82, 2.24) is 19.9 Å². The van der Waals surface area contributed by atoms with Crippen molar-refractivity contribution >= 4 is 11.8 Å². The summed E-state index contributed by atoms with van der Waals surface area (Å²) in [6, 6.07) is 12.3. The van der Waals surface area contributed by atoms with Crippen LogP contribution in [0.3, 0.4) is 0 Å². The van der Waals surface area contributed by atoms with E-state index in [1.165, 1.54) is 11.1 Å². The molecule has 3 rings (SSSR count). The van der Waals surface area contributed by atoms with Crippen molar-refractivity contribution in [1.29, 1.82) is 0 Å². The first-order valence-electron chi connectivity index (χ1n) is 8.24. The SMILES string of the molecule is CC(Sc1nnc(-c2ccc(C(C)(C)C)cc2)n1N)c1ccncc1. The highest BCUT2D eigenvalue weighted by Gasteiger charge is 2.17. The highest BCUT2D eigenvalue weighted by Crippen LogP contribution is 2.34. The predicted molar refractivity (Wildman–Crippen MR) is 103 cm³/mol. The molecule has 1 aromatic carbocycles. The number of nitrogens with zero attached hydrogens (tertiary/aromatic N) is 4. The Morgan fingerprint density at radius 3 is 2.24 bits per heavy atom. The maximum Gasteiger partial charge on any atom is 0.210 e. The van der Waals surface area contributed by atoms with Crippen LogP contribution in [0.5, 0.6) is 0 Å². The minimum Gasteiger partial charge on any atom is -0.335 e. The number of nitrogens with two attached hydrogens (primary N) is 1. The van der Waals surface area contributed by atoms with E-state index in [2.05, 4.69) is 67.1 Å². The summed E-state index contributed by atoms with van der Waals surface area (Å²) in [5.41, 5.74) is 3.54. The fourth-order valence-electron chi connectivity index (χ4n) is 2.53. The van der Waals surface area contributed by atoms with E-state index in [0.717, 1.165) is 5.56 Å². The minimum absolute atomic E-state index is 0.121. The van der Waals surface area contributed by atoms with Crippen molar-refractivity contribution in [2.45, 2.75) is 43.5 Å². The third-order valence-corrected chi connectivity index (χ3v) is 5.25. The molecule has 0 saturated carbocycles. The van der Waals surface area contributed by atoms with Gasteiger partial charge in [-0.3, -0.25) is 4.98 Å². The van der Waals surface area contributed by atoms with Crippen LogP contribution in [0.4, 0.5) is 0 Å². The van der Waals surface area contributed by atoms with Gasteiger partial charge in [-0.25, -0.2) is 4.68 Å². The second-order valence-corrected chi connectivity index (χ2v) is 8.35. The number of hydrogen-bond acceptors (Lipinski definition) is 5. The third kappa shape index (κ3) is 3.85. The van der Waals surface area contributed by atoms with Gasteiger partial charge in [-0.05, 0) is 35.6 Å². The van der Waals surface area contributed by atoms with Crippen LogP contribution in [0.2, 0.25) is 0 Å². The summed E-state index contributed by atoms with van der Waals surface area (Å²) >= 11 is 1.58. The Labute approximate surface area is 152 Å². The molecule has 0 saturated heterocycles. The van der Waals surface area contributed by atoms with Crippen LogP contribution in [0.15, 0.2) is 53.9 Å². The van der Waals surface area contributed by atoms with E-state index in [1.54, 1.807) is 28.8 Å². The van der Waals surface area contributed by atoms with Crippen LogP contribution < -0.4 is 5.84 Å². The summed E-state index contributed by atoms with van der Waals surface area (Å²) in [6.45, 7) is 8.71. The number of aromatic nitrogens is 4. The normalized spacial score (nSPS) is 13.0. The molecule has 2 N–H and O–H groups in total. The molecule has 0 fully saturated rings. The first-order valence-corrected chi connectivity index (χ1v) is 9.12. The summed E-state index contributed by atoms with van der Waals surface area (Å²) in [7, 11) is 0. The molecule has 0 aliphatic heterocycles. The maximum atomic E-state index is 6.24. The summed E-state index contributed by atoms with van der Waals surface area (Å²) in [5, 5.41) is 9.45. The molecule has 0 aliphatic rings. The molecule has 3 aromatic rings. The highest BCUT2D eigenvalue weighted by atomic mass is 32.2. The second kappa shape index (κ2) is 6.88. The lowest BCUT2D eigenvalue weighted by molar-refractivity contribution is 0.590. The van der Waals surface area contributed by atoms with Crippen molar-refractivity contribution in [3.63, 3.8) is 0 Å². The largest absolute Gasteiger partial charge is 0.335 e. The highest BCUT2D eigenvalue weighted by molar-refractivity contribution is 7.99. The summed E-state index contributed by atoms with van der Waals surface area (Å²) in [4.78, 5) is 4.05. The molecule has 1 unspecified atom stereocenters. The monoisotopic (exact) mass is 353 g/mol. The van der Waals surface area contributed by atoms with Crippen LogP contribution >= 0.6 is 11.8 Å². The number of hydrogen-bond donors (Lipinski definition) is 1. The first kappa shape index (κ1) is 17.5. The molecular formula is C19H23N5S. The average molecular weight is 353 g/mol. The van der Waals surface area contributed by atoms with Gasteiger partial charge in [0.05, 0.1) is 0 Å². The number of nitrogen functional groups attached to an aromatic ring is 1. The molecule has 0 amide bonds. The Kier molecular flexibility index (Phi) is 4.81. The standard InChI is InChI=1S/C19H23N5S/c1-13(14-9-11-21-12-10-14)25-18-23-22-17(24(18)20)15-5-7-16(8-6-15)19(2,3)4/h5-13H,20H2,1-4H3. The van der Waals surface area contributed by atoms with E-state index in [-0.39, 0.29) is 10.7 Å². The van der Waals surface area contributed by atoms with E-state index in [4.69, 9.17) is 5.84 Å². The lowest BCUT2D eigenvalue weighted by Gasteiger charge is -2.19. The zero-order valence-electron chi connectivity index (χ0n) is 15.0. The van der Waals surface area contributed by atoms with E-state index in [1.807, 2.05) is 12.1 Å². The van der Waals surface area contributed by atoms with Gasteiger partial charge in [-0.2, -0.15) is 0 Å². The molecular weight excluding hydrogens is 330 g/mol. The molecule has 6 heteroatoms. The Hall–Kier alpha value is -2.34. The van der Waals surface area contributed by atoms with Gasteiger partial charge in [0.15, 0.2) is 5.82 Å². The molecule has 0 bridgehead atoms. The van der Waals surface area contributed by atoms with Gasteiger partial charge in [0.2, 0.25) is 5.16 Å². The Bertz CT molecular complexity index is 835. The average Bonchev–Trinajstić information content (AvgIpc) is 2.96. The molecule has 0 radical (unpaired) electrons. The minimum atomic E-state index is 0.121. The maximum absolute atomic E-state index is 6.24. The van der Waals surface area contributed by atoms with Crippen molar-refractivity contribution in [2.24, 2.45) is 0 Å². The number of benzene rings is 1. The van der Waals surface area contributed by atoms with E-state index in [0.29, 0.717) is 11.0 Å². The van der Waals surface area contributed by atoms with E-state index < -0.39 is 0 Å². The number of thioether (sulfide) groups is 1. The van der Waals surface area contributed by atoms with Crippen LogP contribution in [-0.2, 0) is 5.41 Å². The predicted octanol–water partition coefficient (Wildman–Crippen LogP) is 4.20. The molecule has 2 aromatic heterocycles. The Morgan fingerprint density at radius 1 is 1.00 bits per heavy atom. The quantitative estimate of drug-likeness (QED) is 0.562. The van der Waals surface area contributed by atoms with Gasteiger partial charge in [0, 0.05) is 23.2 Å². The van der Waals surface area contributed by atoms with Gasteiger partial charge in [0.25, 0.3) is 0 Å². The zero-order valence-corrected chi connectivity index (χ0v) is 15.8. The van der Waals surface area contributed by atoms with Crippen molar-refractivity contribution in [3.8, 4) is 11.4 Å². The number of rotatable bonds is 4. The van der Waals surface area contributed by atoms with Crippen LogP contribution in [0, 0.1) is 0 Å². The van der Waals surface area contributed by atoms with Crippen LogP contribution in [0.25, 0.3) is 11.4 Å². The summed E-state index contributed by atoms with van der Waals surface area (Å²) in [5.74, 6) is 6.92. The lowest BCUT2D eigenvalue weighted by atomic mass is 9.87. The van der Waals surface area contributed by atoms with E-state index >= 15 is 0 Å². The molecule has 5 nitrogen and oxygen atoms in total. The Morgan fingerprint density at radius 2 is 1.64 bits per heavy atom. The van der Waals surface area contributed by atoms with Crippen molar-refractivity contribution in [2.75, 3.05) is 5.84 Å². The first-order chi connectivity index (χ1) is 11.9. The molecule has 2 heterocycles. The van der Waals surface area contributed by atoms with Crippen LogP contribution in [-0.4, -0.2) is 19.9 Å². The van der Waals surface area contributed by atoms with Crippen molar-refractivity contribution < 1.29 is 0 Å². The molecule has 25 heavy (non-hydrogen) atoms. The van der Waals surface area contributed by atoms with Crippen LogP contribution in [0.1, 0.15) is 44.1 Å². The summed E-state index contributed by atoms with van der Waals surface area (Å²) < 4.78 is 1.56. The summed E-state index contributed by atoms with van der Waals surface area (Å²) in [6.07, 6.45) is 3.59. The van der Waals surface area contributed by atoms with Gasteiger partial charge < -0.3 is 5.84 Å². The zero-order chi connectivity index (χ0) is 18.0.